The van der Waals surface area contributed by atoms with Crippen molar-refractivity contribution in [2.45, 2.75) is 20.5 Å². The van der Waals surface area contributed by atoms with Crippen molar-refractivity contribution in [1.82, 2.24) is 4.98 Å². The lowest BCUT2D eigenvalue weighted by Gasteiger charge is -2.04. The molecule has 0 atom stereocenters. The highest BCUT2D eigenvalue weighted by molar-refractivity contribution is 7.13. The van der Waals surface area contributed by atoms with Crippen LogP contribution in [0.3, 0.4) is 0 Å². The Bertz CT molecular complexity index is 908. The first-order valence-electron chi connectivity index (χ1n) is 7.74. The van der Waals surface area contributed by atoms with Crippen molar-refractivity contribution in [2.75, 3.05) is 5.32 Å². The standard InChI is InChI=1S/C19H17FN2O2S/c1-12-5-3-8-16(9-12)24-11-17-21-13(2)18(25-17)19(23)22-15-7-4-6-14(20)10-15/h3-10H,11H2,1-2H3,(H,22,23). The van der Waals surface area contributed by atoms with E-state index >= 15 is 0 Å². The molecule has 4 nitrogen and oxygen atoms in total. The van der Waals surface area contributed by atoms with Crippen LogP contribution in [0.2, 0.25) is 0 Å². The van der Waals surface area contributed by atoms with Crippen molar-refractivity contribution in [3.63, 3.8) is 0 Å². The fourth-order valence-corrected chi connectivity index (χ4v) is 3.20. The summed E-state index contributed by atoms with van der Waals surface area (Å²) >= 11 is 1.27. The average Bonchev–Trinajstić information content (AvgIpc) is 2.94. The molecule has 0 radical (unpaired) electrons. The van der Waals surface area contributed by atoms with E-state index in [0.29, 0.717) is 27.9 Å². The number of hydrogen-bond donors (Lipinski definition) is 1. The predicted octanol–water partition coefficient (Wildman–Crippen LogP) is 4.73. The minimum absolute atomic E-state index is 0.294. The number of thiazole rings is 1. The minimum atomic E-state index is -0.397. The molecule has 0 aliphatic rings. The van der Waals surface area contributed by atoms with Crippen molar-refractivity contribution in [3.05, 3.63) is 75.5 Å². The first-order valence-corrected chi connectivity index (χ1v) is 8.55. The smallest absolute Gasteiger partial charge is 0.267 e. The summed E-state index contributed by atoms with van der Waals surface area (Å²) in [6.45, 7) is 4.06. The highest BCUT2D eigenvalue weighted by Gasteiger charge is 2.16. The Kier molecular flexibility index (Phi) is 5.09. The third-order valence-electron chi connectivity index (χ3n) is 3.48. The van der Waals surface area contributed by atoms with Crippen LogP contribution in [0, 0.1) is 19.7 Å². The van der Waals surface area contributed by atoms with E-state index < -0.39 is 5.82 Å². The molecular formula is C19H17FN2O2S. The Labute approximate surface area is 149 Å². The molecule has 3 aromatic rings. The molecule has 128 valence electrons. The molecule has 0 unspecified atom stereocenters. The number of aromatic nitrogens is 1. The quantitative estimate of drug-likeness (QED) is 0.719. The van der Waals surface area contributed by atoms with Crippen molar-refractivity contribution < 1.29 is 13.9 Å². The van der Waals surface area contributed by atoms with E-state index in [9.17, 15) is 9.18 Å². The number of ether oxygens (including phenoxy) is 1. The molecule has 0 saturated heterocycles. The lowest BCUT2D eigenvalue weighted by atomic mass is 10.2. The van der Waals surface area contributed by atoms with Gasteiger partial charge in [-0.2, -0.15) is 0 Å². The van der Waals surface area contributed by atoms with Crippen LogP contribution in [0.5, 0.6) is 5.75 Å². The molecule has 1 aromatic heterocycles. The largest absolute Gasteiger partial charge is 0.486 e. The maximum Gasteiger partial charge on any atom is 0.267 e. The van der Waals surface area contributed by atoms with Crippen LogP contribution in [0.4, 0.5) is 10.1 Å². The Morgan fingerprint density at radius 3 is 2.76 bits per heavy atom. The van der Waals surface area contributed by atoms with Crippen LogP contribution in [0.15, 0.2) is 48.5 Å². The van der Waals surface area contributed by atoms with Gasteiger partial charge >= 0.3 is 0 Å². The summed E-state index contributed by atoms with van der Waals surface area (Å²) in [6.07, 6.45) is 0. The highest BCUT2D eigenvalue weighted by atomic mass is 32.1. The van der Waals surface area contributed by atoms with Gasteiger partial charge in [-0.15, -0.1) is 11.3 Å². The topological polar surface area (TPSA) is 51.2 Å². The Morgan fingerprint density at radius 2 is 2.00 bits per heavy atom. The number of benzene rings is 2. The van der Waals surface area contributed by atoms with Crippen LogP contribution in [0.1, 0.15) is 25.9 Å². The van der Waals surface area contributed by atoms with Gasteiger partial charge in [-0.05, 0) is 49.7 Å². The third kappa shape index (κ3) is 4.42. The first-order chi connectivity index (χ1) is 12.0. The summed E-state index contributed by atoms with van der Waals surface area (Å²) in [5, 5.41) is 3.40. The van der Waals surface area contributed by atoms with Gasteiger partial charge in [0.2, 0.25) is 0 Å². The molecule has 1 N–H and O–H groups in total. The number of nitrogens with one attached hydrogen (secondary N) is 1. The molecule has 3 rings (SSSR count). The van der Waals surface area contributed by atoms with Crippen LogP contribution in [-0.4, -0.2) is 10.9 Å². The molecule has 1 heterocycles. The SMILES string of the molecule is Cc1cccc(OCc2nc(C)c(C(=O)Nc3cccc(F)c3)s2)c1. The monoisotopic (exact) mass is 356 g/mol. The summed E-state index contributed by atoms with van der Waals surface area (Å²) in [7, 11) is 0. The second-order valence-electron chi connectivity index (χ2n) is 5.59. The zero-order chi connectivity index (χ0) is 17.8. The summed E-state index contributed by atoms with van der Waals surface area (Å²) in [6, 6.07) is 13.5. The average molecular weight is 356 g/mol. The van der Waals surface area contributed by atoms with E-state index in [1.54, 1.807) is 19.1 Å². The van der Waals surface area contributed by atoms with Gasteiger partial charge < -0.3 is 10.1 Å². The molecule has 0 spiro atoms. The molecule has 1 amide bonds. The molecule has 25 heavy (non-hydrogen) atoms. The Hall–Kier alpha value is -2.73. The predicted molar refractivity (Wildman–Crippen MR) is 96.7 cm³/mol. The van der Waals surface area contributed by atoms with Crippen molar-refractivity contribution in [3.8, 4) is 5.75 Å². The Morgan fingerprint density at radius 1 is 1.20 bits per heavy atom. The van der Waals surface area contributed by atoms with E-state index in [-0.39, 0.29) is 5.91 Å². The van der Waals surface area contributed by atoms with Gasteiger partial charge in [0, 0.05) is 5.69 Å². The van der Waals surface area contributed by atoms with Gasteiger partial charge in [0.15, 0.2) is 0 Å². The second-order valence-corrected chi connectivity index (χ2v) is 6.68. The normalized spacial score (nSPS) is 10.5. The Balaban J connectivity index is 1.68. The van der Waals surface area contributed by atoms with Gasteiger partial charge in [0.25, 0.3) is 5.91 Å². The molecule has 0 aliphatic carbocycles. The van der Waals surface area contributed by atoms with Gasteiger partial charge in [-0.25, -0.2) is 9.37 Å². The van der Waals surface area contributed by atoms with Crippen molar-refractivity contribution in [1.29, 1.82) is 0 Å². The molecular weight excluding hydrogens is 339 g/mol. The number of carbonyl (C=O) groups is 1. The minimum Gasteiger partial charge on any atom is -0.486 e. The number of anilines is 1. The number of rotatable bonds is 5. The molecule has 0 aliphatic heterocycles. The van der Waals surface area contributed by atoms with Crippen LogP contribution in [0.25, 0.3) is 0 Å². The second kappa shape index (κ2) is 7.44. The molecule has 2 aromatic carbocycles. The first kappa shape index (κ1) is 17.1. The van der Waals surface area contributed by atoms with E-state index in [0.717, 1.165) is 11.3 Å². The van der Waals surface area contributed by atoms with Gasteiger partial charge in [-0.1, -0.05) is 18.2 Å². The zero-order valence-corrected chi connectivity index (χ0v) is 14.7. The molecule has 6 heteroatoms. The maximum absolute atomic E-state index is 13.2. The maximum atomic E-state index is 13.2. The van der Waals surface area contributed by atoms with E-state index in [1.165, 1.54) is 23.5 Å². The lowest BCUT2D eigenvalue weighted by molar-refractivity contribution is 0.103. The van der Waals surface area contributed by atoms with E-state index in [1.807, 2.05) is 31.2 Å². The third-order valence-corrected chi connectivity index (χ3v) is 4.61. The number of carbonyl (C=O) groups excluding carboxylic acids is 1. The lowest BCUT2D eigenvalue weighted by Crippen LogP contribution is -2.11. The van der Waals surface area contributed by atoms with Crippen LogP contribution < -0.4 is 10.1 Å². The van der Waals surface area contributed by atoms with E-state index in [4.69, 9.17) is 4.74 Å². The number of hydrogen-bond acceptors (Lipinski definition) is 4. The van der Waals surface area contributed by atoms with Gasteiger partial charge in [-0.3, -0.25) is 4.79 Å². The van der Waals surface area contributed by atoms with Crippen molar-refractivity contribution >= 4 is 22.9 Å². The van der Waals surface area contributed by atoms with Crippen molar-refractivity contribution in [2.24, 2.45) is 0 Å². The number of amides is 1. The number of aryl methyl sites for hydroxylation is 2. The molecule has 0 saturated carbocycles. The fraction of sp³-hybridized carbons (Fsp3) is 0.158. The fourth-order valence-electron chi connectivity index (χ4n) is 2.33. The molecule has 0 fully saturated rings. The molecule has 0 bridgehead atoms. The highest BCUT2D eigenvalue weighted by Crippen LogP contribution is 2.22. The number of halogens is 1. The van der Waals surface area contributed by atoms with E-state index in [2.05, 4.69) is 10.3 Å². The summed E-state index contributed by atoms with van der Waals surface area (Å²) in [4.78, 5) is 17.3. The number of nitrogens with zero attached hydrogens (tertiary/aromatic N) is 1. The van der Waals surface area contributed by atoms with Crippen LogP contribution in [-0.2, 0) is 6.61 Å². The summed E-state index contributed by atoms with van der Waals surface area (Å²) < 4.78 is 18.9. The summed E-state index contributed by atoms with van der Waals surface area (Å²) in [5.74, 6) is 0.0621. The summed E-state index contributed by atoms with van der Waals surface area (Å²) in [5.41, 5.74) is 2.15. The van der Waals surface area contributed by atoms with Gasteiger partial charge in [0.05, 0.1) is 5.69 Å². The van der Waals surface area contributed by atoms with Gasteiger partial charge in [0.1, 0.15) is 28.1 Å². The zero-order valence-electron chi connectivity index (χ0n) is 13.9. The van der Waals surface area contributed by atoms with Crippen LogP contribution >= 0.6 is 11.3 Å².